The van der Waals surface area contributed by atoms with Crippen molar-refractivity contribution in [3.8, 4) is 0 Å². The molecule has 0 aromatic carbocycles. The number of rotatable bonds is 3. The Labute approximate surface area is 94.8 Å². The fourth-order valence-corrected chi connectivity index (χ4v) is 1.75. The van der Waals surface area contributed by atoms with Gasteiger partial charge in [-0.1, -0.05) is 0 Å². The maximum absolute atomic E-state index is 11.5. The number of likely N-dealkylation sites (tertiary alicyclic amines) is 1. The lowest BCUT2D eigenvalue weighted by Crippen LogP contribution is -2.43. The first kappa shape index (κ1) is 12.9. The molecule has 1 aliphatic rings. The van der Waals surface area contributed by atoms with E-state index in [-0.39, 0.29) is 12.5 Å². The van der Waals surface area contributed by atoms with Crippen LogP contribution in [-0.4, -0.2) is 73.2 Å². The van der Waals surface area contributed by atoms with Gasteiger partial charge in [-0.3, -0.25) is 14.5 Å². The summed E-state index contributed by atoms with van der Waals surface area (Å²) in [6, 6.07) is -0.510. The van der Waals surface area contributed by atoms with Gasteiger partial charge in [-0.15, -0.1) is 0 Å². The number of amides is 1. The van der Waals surface area contributed by atoms with Crippen LogP contribution in [0.25, 0.3) is 0 Å². The second-order valence-electron chi connectivity index (χ2n) is 4.15. The normalized spacial score (nSPS) is 25.5. The quantitative estimate of drug-likeness (QED) is 0.609. The third-order valence-electron chi connectivity index (χ3n) is 2.69. The van der Waals surface area contributed by atoms with Crippen LogP contribution in [0.4, 0.5) is 0 Å². The molecule has 6 nitrogen and oxygen atoms in total. The minimum absolute atomic E-state index is 0.0944. The van der Waals surface area contributed by atoms with Gasteiger partial charge < -0.3 is 14.7 Å². The molecule has 1 fully saturated rings. The number of carbonyl (C=O) groups excluding carboxylic acids is 2. The molecule has 2 atom stereocenters. The van der Waals surface area contributed by atoms with E-state index < -0.39 is 18.1 Å². The van der Waals surface area contributed by atoms with Crippen molar-refractivity contribution in [2.75, 3.05) is 34.3 Å². The zero-order valence-corrected chi connectivity index (χ0v) is 9.84. The summed E-state index contributed by atoms with van der Waals surface area (Å²) >= 11 is 0. The Morgan fingerprint density at radius 3 is 2.62 bits per heavy atom. The average molecular weight is 230 g/mol. The average Bonchev–Trinajstić information content (AvgIpc) is 2.58. The van der Waals surface area contributed by atoms with Gasteiger partial charge in [-0.05, 0) is 0 Å². The van der Waals surface area contributed by atoms with Crippen molar-refractivity contribution in [2.24, 2.45) is 0 Å². The Bertz CT molecular complexity index is 280. The lowest BCUT2D eigenvalue weighted by atomic mass is 10.2. The monoisotopic (exact) mass is 230 g/mol. The van der Waals surface area contributed by atoms with E-state index >= 15 is 0 Å². The zero-order chi connectivity index (χ0) is 12.3. The molecule has 2 unspecified atom stereocenters. The summed E-state index contributed by atoms with van der Waals surface area (Å²) in [6.07, 6.45) is -0.244. The highest BCUT2D eigenvalue weighted by molar-refractivity contribution is 5.80. The van der Waals surface area contributed by atoms with E-state index in [9.17, 15) is 14.7 Å². The van der Waals surface area contributed by atoms with E-state index in [2.05, 4.69) is 4.74 Å². The van der Waals surface area contributed by atoms with Crippen molar-refractivity contribution in [3.05, 3.63) is 0 Å². The Balaban J connectivity index is 2.63. The highest BCUT2D eigenvalue weighted by atomic mass is 16.5. The molecule has 1 N–H and O–H groups in total. The van der Waals surface area contributed by atoms with Crippen LogP contribution in [0.3, 0.4) is 0 Å². The largest absolute Gasteiger partial charge is 0.468 e. The molecular weight excluding hydrogens is 212 g/mol. The molecule has 0 bridgehead atoms. The number of carbonyl (C=O) groups is 2. The van der Waals surface area contributed by atoms with E-state index in [1.165, 1.54) is 12.0 Å². The van der Waals surface area contributed by atoms with Gasteiger partial charge in [0.25, 0.3) is 0 Å². The molecule has 1 amide bonds. The summed E-state index contributed by atoms with van der Waals surface area (Å²) < 4.78 is 4.64. The fraction of sp³-hybridized carbons (Fsp3) is 0.800. The summed E-state index contributed by atoms with van der Waals surface area (Å²) in [5, 5.41) is 9.49. The van der Waals surface area contributed by atoms with Crippen LogP contribution in [0, 0.1) is 0 Å². The molecule has 0 saturated carbocycles. The van der Waals surface area contributed by atoms with Gasteiger partial charge in [0.1, 0.15) is 6.04 Å². The predicted octanol–water partition coefficient (Wildman–Crippen LogP) is -1.32. The van der Waals surface area contributed by atoms with Crippen molar-refractivity contribution in [3.63, 3.8) is 0 Å². The molecular formula is C10H18N2O4. The molecule has 0 aromatic heterocycles. The number of ether oxygens (including phenoxy) is 1. The van der Waals surface area contributed by atoms with Gasteiger partial charge in [-0.2, -0.15) is 0 Å². The fourth-order valence-electron chi connectivity index (χ4n) is 1.75. The smallest absolute Gasteiger partial charge is 0.323 e. The summed E-state index contributed by atoms with van der Waals surface area (Å²) in [5.41, 5.74) is 0. The number of methoxy groups -OCH3 is 1. The van der Waals surface area contributed by atoms with Crippen molar-refractivity contribution < 1.29 is 19.4 Å². The molecule has 0 radical (unpaired) electrons. The zero-order valence-electron chi connectivity index (χ0n) is 9.84. The van der Waals surface area contributed by atoms with Crippen molar-refractivity contribution in [2.45, 2.75) is 18.6 Å². The third kappa shape index (κ3) is 2.93. The van der Waals surface area contributed by atoms with E-state index in [0.29, 0.717) is 13.0 Å². The predicted molar refractivity (Wildman–Crippen MR) is 56.7 cm³/mol. The number of hydrogen-bond acceptors (Lipinski definition) is 5. The SMILES string of the molecule is COC(=O)C1CC(O)CN1CC(=O)N(C)C. The number of esters is 1. The summed E-state index contributed by atoms with van der Waals surface area (Å²) in [4.78, 5) is 26.0. The standard InChI is InChI=1S/C10H18N2O4/c1-11(2)9(14)6-12-5-7(13)4-8(12)10(15)16-3/h7-8,13H,4-6H2,1-3H3. The van der Waals surface area contributed by atoms with Crippen LogP contribution in [0.2, 0.25) is 0 Å². The van der Waals surface area contributed by atoms with Crippen LogP contribution in [0.15, 0.2) is 0 Å². The van der Waals surface area contributed by atoms with Crippen LogP contribution < -0.4 is 0 Å². The molecule has 92 valence electrons. The molecule has 1 heterocycles. The number of aliphatic hydroxyl groups is 1. The molecule has 0 aromatic rings. The Morgan fingerprint density at radius 1 is 1.50 bits per heavy atom. The number of nitrogens with zero attached hydrogens (tertiary/aromatic N) is 2. The number of β-amino-alcohol motifs (C(OH)–C–C–N with tert-alkyl or cyclic N) is 1. The second-order valence-corrected chi connectivity index (χ2v) is 4.15. The van der Waals surface area contributed by atoms with Crippen molar-refractivity contribution in [1.29, 1.82) is 0 Å². The van der Waals surface area contributed by atoms with Gasteiger partial charge >= 0.3 is 5.97 Å². The van der Waals surface area contributed by atoms with E-state index in [1.807, 2.05) is 0 Å². The summed E-state index contributed by atoms with van der Waals surface area (Å²) in [5.74, 6) is -0.494. The lowest BCUT2D eigenvalue weighted by Gasteiger charge is -2.22. The molecule has 16 heavy (non-hydrogen) atoms. The molecule has 1 saturated heterocycles. The molecule has 6 heteroatoms. The first-order chi connectivity index (χ1) is 7.45. The highest BCUT2D eigenvalue weighted by Crippen LogP contribution is 2.18. The minimum atomic E-state index is -0.570. The highest BCUT2D eigenvalue weighted by Gasteiger charge is 2.37. The Morgan fingerprint density at radius 2 is 2.12 bits per heavy atom. The maximum Gasteiger partial charge on any atom is 0.323 e. The summed E-state index contributed by atoms with van der Waals surface area (Å²) in [7, 11) is 4.61. The van der Waals surface area contributed by atoms with Crippen molar-refractivity contribution in [1.82, 2.24) is 9.80 Å². The maximum atomic E-state index is 11.5. The van der Waals surface area contributed by atoms with E-state index in [0.717, 1.165) is 0 Å². The first-order valence-electron chi connectivity index (χ1n) is 5.15. The Hall–Kier alpha value is -1.14. The van der Waals surface area contributed by atoms with Crippen LogP contribution >= 0.6 is 0 Å². The molecule has 0 aliphatic carbocycles. The first-order valence-corrected chi connectivity index (χ1v) is 5.15. The summed E-state index contributed by atoms with van der Waals surface area (Å²) in [6.45, 7) is 0.461. The van der Waals surface area contributed by atoms with Gasteiger partial charge in [0.15, 0.2) is 0 Å². The minimum Gasteiger partial charge on any atom is -0.468 e. The third-order valence-corrected chi connectivity index (χ3v) is 2.69. The molecule has 1 aliphatic heterocycles. The van der Waals surface area contributed by atoms with Gasteiger partial charge in [0, 0.05) is 27.1 Å². The van der Waals surface area contributed by atoms with Crippen LogP contribution in [0.5, 0.6) is 0 Å². The van der Waals surface area contributed by atoms with E-state index in [4.69, 9.17) is 0 Å². The van der Waals surface area contributed by atoms with Gasteiger partial charge in [-0.25, -0.2) is 0 Å². The van der Waals surface area contributed by atoms with Crippen LogP contribution in [-0.2, 0) is 14.3 Å². The Kier molecular flexibility index (Phi) is 4.26. The van der Waals surface area contributed by atoms with Crippen molar-refractivity contribution >= 4 is 11.9 Å². The van der Waals surface area contributed by atoms with E-state index in [1.54, 1.807) is 19.0 Å². The number of hydrogen-bond donors (Lipinski definition) is 1. The number of aliphatic hydroxyl groups excluding tert-OH is 1. The van der Waals surface area contributed by atoms with Crippen LogP contribution in [0.1, 0.15) is 6.42 Å². The molecule has 0 spiro atoms. The van der Waals surface area contributed by atoms with Gasteiger partial charge in [0.2, 0.25) is 5.91 Å². The molecule has 1 rings (SSSR count). The van der Waals surface area contributed by atoms with Gasteiger partial charge in [0.05, 0.1) is 19.8 Å². The topological polar surface area (TPSA) is 70.1 Å². The number of likely N-dealkylation sites (N-methyl/N-ethyl adjacent to an activating group) is 1. The second kappa shape index (κ2) is 5.27. The lowest BCUT2D eigenvalue weighted by molar-refractivity contribution is -0.146.